The molecule has 0 bridgehead atoms. The van der Waals surface area contributed by atoms with E-state index in [1.807, 2.05) is 0 Å². The quantitative estimate of drug-likeness (QED) is 0.604. The fourth-order valence-electron chi connectivity index (χ4n) is 2.12. The van der Waals surface area contributed by atoms with Gasteiger partial charge in [-0.15, -0.1) is 0 Å². The van der Waals surface area contributed by atoms with E-state index in [-0.39, 0.29) is 0 Å². The molecule has 0 radical (unpaired) electrons. The highest BCUT2D eigenvalue weighted by Crippen LogP contribution is 2.39. The van der Waals surface area contributed by atoms with E-state index in [0.29, 0.717) is 5.41 Å². The minimum absolute atomic E-state index is 0.420. The van der Waals surface area contributed by atoms with Gasteiger partial charge in [-0.1, -0.05) is 13.8 Å². The largest absolute Gasteiger partial charge is 0.389 e. The number of aliphatic hydroxyl groups is 1. The molecule has 3 heteroatoms. The van der Waals surface area contributed by atoms with E-state index >= 15 is 0 Å². The van der Waals surface area contributed by atoms with Gasteiger partial charge in [0.1, 0.15) is 0 Å². The van der Waals surface area contributed by atoms with Crippen LogP contribution in [-0.4, -0.2) is 30.3 Å². The number of rotatable bonds is 5. The maximum atomic E-state index is 10.3. The van der Waals surface area contributed by atoms with Gasteiger partial charge in [0, 0.05) is 6.54 Å². The molecule has 0 atom stereocenters. The maximum absolute atomic E-state index is 10.3. The first-order valence-electron chi connectivity index (χ1n) is 6.11. The molecule has 0 aromatic rings. The third kappa shape index (κ3) is 4.49. The third-order valence-electron chi connectivity index (χ3n) is 3.55. The van der Waals surface area contributed by atoms with Crippen LogP contribution in [0.5, 0.6) is 0 Å². The zero-order valence-corrected chi connectivity index (χ0v) is 10.2. The number of nitrogens with one attached hydrogen (secondary N) is 1. The smallest absolute Gasteiger partial charge is 0.0772 e. The molecule has 0 aromatic heterocycles. The van der Waals surface area contributed by atoms with E-state index in [1.54, 1.807) is 0 Å². The molecule has 0 saturated heterocycles. The fourth-order valence-corrected chi connectivity index (χ4v) is 2.12. The zero-order chi connectivity index (χ0) is 11.4. The van der Waals surface area contributed by atoms with Crippen LogP contribution in [0, 0.1) is 5.41 Å². The molecular formula is C12H26N2O. The Morgan fingerprint density at radius 3 is 2.33 bits per heavy atom. The van der Waals surface area contributed by atoms with Crippen LogP contribution in [0.15, 0.2) is 0 Å². The molecule has 1 saturated carbocycles. The van der Waals surface area contributed by atoms with Gasteiger partial charge in [0.2, 0.25) is 0 Å². The van der Waals surface area contributed by atoms with Gasteiger partial charge >= 0.3 is 0 Å². The van der Waals surface area contributed by atoms with E-state index in [9.17, 15) is 5.11 Å². The van der Waals surface area contributed by atoms with Gasteiger partial charge in [0.25, 0.3) is 0 Å². The summed E-state index contributed by atoms with van der Waals surface area (Å²) in [5.74, 6) is 0. The van der Waals surface area contributed by atoms with E-state index in [4.69, 9.17) is 5.73 Å². The molecule has 3 nitrogen and oxygen atoms in total. The molecule has 0 aliphatic heterocycles. The molecule has 1 rings (SSSR count). The van der Waals surface area contributed by atoms with Crippen LogP contribution < -0.4 is 11.1 Å². The number of nitrogens with two attached hydrogens (primary N) is 1. The monoisotopic (exact) mass is 214 g/mol. The summed E-state index contributed by atoms with van der Waals surface area (Å²) in [7, 11) is 0. The predicted octanol–water partition coefficient (Wildman–Crippen LogP) is 1.26. The van der Waals surface area contributed by atoms with Gasteiger partial charge in [-0.05, 0) is 50.6 Å². The van der Waals surface area contributed by atoms with Crippen molar-refractivity contribution in [2.75, 3.05) is 19.6 Å². The van der Waals surface area contributed by atoms with Crippen molar-refractivity contribution in [3.8, 4) is 0 Å². The van der Waals surface area contributed by atoms with Gasteiger partial charge in [-0.3, -0.25) is 0 Å². The van der Waals surface area contributed by atoms with E-state index in [2.05, 4.69) is 19.2 Å². The van der Waals surface area contributed by atoms with Gasteiger partial charge in [-0.2, -0.15) is 0 Å². The zero-order valence-electron chi connectivity index (χ0n) is 10.2. The van der Waals surface area contributed by atoms with Crippen molar-refractivity contribution in [3.63, 3.8) is 0 Å². The van der Waals surface area contributed by atoms with Crippen LogP contribution in [0.4, 0.5) is 0 Å². The second-order valence-corrected chi connectivity index (χ2v) is 5.71. The summed E-state index contributed by atoms with van der Waals surface area (Å²) < 4.78 is 0. The summed E-state index contributed by atoms with van der Waals surface area (Å²) in [6.07, 6.45) is 5.09. The van der Waals surface area contributed by atoms with Gasteiger partial charge < -0.3 is 16.2 Å². The van der Waals surface area contributed by atoms with Crippen LogP contribution >= 0.6 is 0 Å². The summed E-state index contributed by atoms with van der Waals surface area (Å²) >= 11 is 0. The Labute approximate surface area is 93.4 Å². The highest BCUT2D eigenvalue weighted by atomic mass is 16.3. The summed E-state index contributed by atoms with van der Waals surface area (Å²) in [5, 5.41) is 13.6. The number of hydrogen-bond donors (Lipinski definition) is 3. The highest BCUT2D eigenvalue weighted by Gasteiger charge is 2.35. The molecule has 1 fully saturated rings. The van der Waals surface area contributed by atoms with Crippen LogP contribution in [-0.2, 0) is 0 Å². The topological polar surface area (TPSA) is 58.3 Å². The Hall–Kier alpha value is -0.120. The lowest BCUT2D eigenvalue weighted by Gasteiger charge is -2.40. The van der Waals surface area contributed by atoms with Crippen molar-refractivity contribution < 1.29 is 5.11 Å². The van der Waals surface area contributed by atoms with Crippen molar-refractivity contribution in [2.45, 2.75) is 51.6 Å². The van der Waals surface area contributed by atoms with Crippen molar-refractivity contribution in [1.29, 1.82) is 0 Å². The Bertz CT molecular complexity index is 182. The SMILES string of the molecule is CC1(C)CCC(O)(CNCCCN)CC1. The molecular weight excluding hydrogens is 188 g/mol. The van der Waals surface area contributed by atoms with Crippen molar-refractivity contribution in [1.82, 2.24) is 5.32 Å². The first-order chi connectivity index (χ1) is 6.97. The molecule has 0 spiro atoms. The van der Waals surface area contributed by atoms with E-state index in [0.717, 1.165) is 51.7 Å². The Balaban J connectivity index is 2.23. The molecule has 0 unspecified atom stereocenters. The first-order valence-corrected chi connectivity index (χ1v) is 6.11. The molecule has 1 aliphatic rings. The normalized spacial score (nSPS) is 24.0. The Kier molecular flexibility index (Phi) is 4.56. The van der Waals surface area contributed by atoms with E-state index < -0.39 is 5.60 Å². The minimum atomic E-state index is -0.468. The minimum Gasteiger partial charge on any atom is -0.389 e. The average Bonchev–Trinajstić information content (AvgIpc) is 2.19. The van der Waals surface area contributed by atoms with E-state index in [1.165, 1.54) is 0 Å². The maximum Gasteiger partial charge on any atom is 0.0772 e. The van der Waals surface area contributed by atoms with Crippen molar-refractivity contribution >= 4 is 0 Å². The summed E-state index contributed by atoms with van der Waals surface area (Å²) in [6.45, 7) is 6.94. The fraction of sp³-hybridized carbons (Fsp3) is 1.00. The second-order valence-electron chi connectivity index (χ2n) is 5.71. The first kappa shape index (κ1) is 12.9. The summed E-state index contributed by atoms with van der Waals surface area (Å²) in [6, 6.07) is 0. The van der Waals surface area contributed by atoms with Crippen LogP contribution in [0.3, 0.4) is 0 Å². The number of hydrogen-bond acceptors (Lipinski definition) is 3. The molecule has 0 aromatic carbocycles. The molecule has 0 heterocycles. The van der Waals surface area contributed by atoms with Crippen LogP contribution in [0.2, 0.25) is 0 Å². The third-order valence-corrected chi connectivity index (χ3v) is 3.55. The average molecular weight is 214 g/mol. The summed E-state index contributed by atoms with van der Waals surface area (Å²) in [5.41, 5.74) is 5.37. The van der Waals surface area contributed by atoms with Gasteiger partial charge in [0.05, 0.1) is 5.60 Å². The molecule has 15 heavy (non-hydrogen) atoms. The Morgan fingerprint density at radius 1 is 1.20 bits per heavy atom. The van der Waals surface area contributed by atoms with Crippen LogP contribution in [0.1, 0.15) is 46.0 Å². The summed E-state index contributed by atoms with van der Waals surface area (Å²) in [4.78, 5) is 0. The van der Waals surface area contributed by atoms with Crippen molar-refractivity contribution in [3.05, 3.63) is 0 Å². The van der Waals surface area contributed by atoms with Crippen molar-refractivity contribution in [2.24, 2.45) is 11.1 Å². The lowest BCUT2D eigenvalue weighted by atomic mass is 9.71. The molecule has 1 aliphatic carbocycles. The molecule has 0 amide bonds. The standard InChI is InChI=1S/C12H26N2O/c1-11(2)4-6-12(15,7-5-11)10-14-9-3-8-13/h14-15H,3-10,13H2,1-2H3. The lowest BCUT2D eigenvalue weighted by molar-refractivity contribution is -0.0241. The lowest BCUT2D eigenvalue weighted by Crippen LogP contribution is -2.45. The van der Waals surface area contributed by atoms with Crippen LogP contribution in [0.25, 0.3) is 0 Å². The highest BCUT2D eigenvalue weighted by molar-refractivity contribution is 4.90. The molecule has 4 N–H and O–H groups in total. The van der Waals surface area contributed by atoms with Gasteiger partial charge in [0.15, 0.2) is 0 Å². The predicted molar refractivity (Wildman–Crippen MR) is 63.7 cm³/mol. The Morgan fingerprint density at radius 2 is 1.80 bits per heavy atom. The molecule has 90 valence electrons. The second kappa shape index (κ2) is 5.28. The van der Waals surface area contributed by atoms with Gasteiger partial charge in [-0.25, -0.2) is 0 Å².